The maximum absolute atomic E-state index is 10.5. The summed E-state index contributed by atoms with van der Waals surface area (Å²) in [5, 5.41) is 8.61. The molecule has 98 valence electrons. The smallest absolute Gasteiger partial charge is 0.303 e. The minimum atomic E-state index is -0.731. The van der Waals surface area contributed by atoms with Crippen LogP contribution in [0.2, 0.25) is 0 Å². The van der Waals surface area contributed by atoms with Crippen molar-refractivity contribution >= 4 is 17.7 Å². The summed E-state index contributed by atoms with van der Waals surface area (Å²) in [5.41, 5.74) is 1.15. The second-order valence-corrected chi connectivity index (χ2v) is 5.65. The van der Waals surface area contributed by atoms with Gasteiger partial charge in [0.05, 0.1) is 0 Å². The van der Waals surface area contributed by atoms with Crippen LogP contribution in [-0.4, -0.2) is 28.7 Å². The van der Waals surface area contributed by atoms with Gasteiger partial charge in [-0.3, -0.25) is 4.79 Å². The van der Waals surface area contributed by atoms with Crippen LogP contribution in [-0.2, 0) is 11.2 Å². The maximum Gasteiger partial charge on any atom is 0.303 e. The Labute approximate surface area is 112 Å². The van der Waals surface area contributed by atoms with E-state index in [1.807, 2.05) is 36.0 Å². The van der Waals surface area contributed by atoms with Gasteiger partial charge in [0.15, 0.2) is 0 Å². The molecule has 0 saturated carbocycles. The molecule has 18 heavy (non-hydrogen) atoms. The average molecular weight is 266 g/mol. The standard InChI is InChI=1S/C14H18O3S/c15-14(16)6-2-4-11-3-1-5-12(9-11)17-13-7-8-18-10-13/h1,3,5,9,13H,2,4,6-8,10H2,(H,15,16). The number of hydrogen-bond donors (Lipinski definition) is 1. The molecule has 2 rings (SSSR count). The van der Waals surface area contributed by atoms with Crippen molar-refractivity contribution in [2.45, 2.75) is 31.8 Å². The number of carboxylic acid groups (broad SMARTS) is 1. The van der Waals surface area contributed by atoms with Crippen molar-refractivity contribution in [3.05, 3.63) is 29.8 Å². The van der Waals surface area contributed by atoms with Crippen LogP contribution in [0.3, 0.4) is 0 Å². The van der Waals surface area contributed by atoms with Gasteiger partial charge in [0, 0.05) is 12.2 Å². The van der Waals surface area contributed by atoms with Gasteiger partial charge < -0.3 is 9.84 Å². The van der Waals surface area contributed by atoms with Crippen molar-refractivity contribution in [1.82, 2.24) is 0 Å². The van der Waals surface area contributed by atoms with E-state index >= 15 is 0 Å². The monoisotopic (exact) mass is 266 g/mol. The second-order valence-electron chi connectivity index (χ2n) is 4.50. The van der Waals surface area contributed by atoms with Gasteiger partial charge in [0.2, 0.25) is 0 Å². The molecule has 0 radical (unpaired) electrons. The van der Waals surface area contributed by atoms with Gasteiger partial charge in [-0.25, -0.2) is 0 Å². The lowest BCUT2D eigenvalue weighted by Crippen LogP contribution is -2.14. The highest BCUT2D eigenvalue weighted by molar-refractivity contribution is 7.99. The van der Waals surface area contributed by atoms with Crippen molar-refractivity contribution in [3.8, 4) is 5.75 Å². The molecule has 1 saturated heterocycles. The Hall–Kier alpha value is -1.16. The van der Waals surface area contributed by atoms with Gasteiger partial charge in [-0.15, -0.1) is 0 Å². The highest BCUT2D eigenvalue weighted by Gasteiger charge is 2.16. The summed E-state index contributed by atoms with van der Waals surface area (Å²) < 4.78 is 5.91. The number of aryl methyl sites for hydroxylation is 1. The van der Waals surface area contributed by atoms with Crippen LogP contribution in [0.1, 0.15) is 24.8 Å². The predicted octanol–water partition coefficient (Wildman–Crippen LogP) is 2.98. The minimum Gasteiger partial charge on any atom is -0.490 e. The van der Waals surface area contributed by atoms with Crippen LogP contribution in [0, 0.1) is 0 Å². The summed E-state index contributed by atoms with van der Waals surface area (Å²) in [6.07, 6.45) is 3.16. The van der Waals surface area contributed by atoms with Gasteiger partial charge >= 0.3 is 5.97 Å². The number of aliphatic carboxylic acids is 1. The van der Waals surface area contributed by atoms with Gasteiger partial charge in [0.25, 0.3) is 0 Å². The number of hydrogen-bond acceptors (Lipinski definition) is 3. The SMILES string of the molecule is O=C(O)CCCc1cccc(OC2CCSC2)c1. The van der Waals surface area contributed by atoms with Gasteiger partial charge in [0.1, 0.15) is 11.9 Å². The minimum absolute atomic E-state index is 0.227. The average Bonchev–Trinajstić information content (AvgIpc) is 2.82. The molecule has 0 bridgehead atoms. The third-order valence-electron chi connectivity index (χ3n) is 2.95. The van der Waals surface area contributed by atoms with Crippen LogP contribution < -0.4 is 4.74 Å². The fraction of sp³-hybridized carbons (Fsp3) is 0.500. The summed E-state index contributed by atoms with van der Waals surface area (Å²) in [4.78, 5) is 10.5. The molecular weight excluding hydrogens is 248 g/mol. The zero-order chi connectivity index (χ0) is 12.8. The first-order chi connectivity index (χ1) is 8.74. The molecule has 1 aromatic rings. The van der Waals surface area contributed by atoms with E-state index < -0.39 is 5.97 Å². The van der Waals surface area contributed by atoms with Gasteiger partial charge in [-0.2, -0.15) is 11.8 Å². The summed E-state index contributed by atoms with van der Waals surface area (Å²) in [7, 11) is 0. The summed E-state index contributed by atoms with van der Waals surface area (Å²) >= 11 is 1.93. The third-order valence-corrected chi connectivity index (χ3v) is 4.08. The van der Waals surface area contributed by atoms with Crippen molar-refractivity contribution in [2.75, 3.05) is 11.5 Å². The molecule has 1 unspecified atom stereocenters. The molecular formula is C14H18O3S. The van der Waals surface area contributed by atoms with E-state index in [2.05, 4.69) is 0 Å². The zero-order valence-corrected chi connectivity index (χ0v) is 11.1. The first-order valence-corrected chi connectivity index (χ1v) is 7.44. The Kier molecular flexibility index (Phi) is 4.93. The van der Waals surface area contributed by atoms with Crippen molar-refractivity contribution in [3.63, 3.8) is 0 Å². The normalized spacial score (nSPS) is 18.8. The van der Waals surface area contributed by atoms with Crippen LogP contribution in [0.4, 0.5) is 0 Å². The Morgan fingerprint density at radius 1 is 1.50 bits per heavy atom. The molecule has 3 nitrogen and oxygen atoms in total. The largest absolute Gasteiger partial charge is 0.490 e. The molecule has 4 heteroatoms. The van der Waals surface area contributed by atoms with Crippen LogP contribution in [0.15, 0.2) is 24.3 Å². The Morgan fingerprint density at radius 3 is 3.11 bits per heavy atom. The Morgan fingerprint density at radius 2 is 2.39 bits per heavy atom. The van der Waals surface area contributed by atoms with E-state index in [-0.39, 0.29) is 6.42 Å². The topological polar surface area (TPSA) is 46.5 Å². The quantitative estimate of drug-likeness (QED) is 0.860. The number of thioether (sulfide) groups is 1. The number of carboxylic acids is 1. The third kappa shape index (κ3) is 4.26. The number of carbonyl (C=O) groups is 1. The number of rotatable bonds is 6. The Bertz CT molecular complexity index is 400. The fourth-order valence-electron chi connectivity index (χ4n) is 2.02. The number of ether oxygens (including phenoxy) is 1. The van der Waals surface area contributed by atoms with E-state index in [1.165, 1.54) is 5.75 Å². The van der Waals surface area contributed by atoms with E-state index in [9.17, 15) is 4.79 Å². The van der Waals surface area contributed by atoms with E-state index in [0.29, 0.717) is 12.5 Å². The van der Waals surface area contributed by atoms with Crippen LogP contribution in [0.25, 0.3) is 0 Å². The predicted molar refractivity (Wildman–Crippen MR) is 73.4 cm³/mol. The van der Waals surface area contributed by atoms with Crippen molar-refractivity contribution < 1.29 is 14.6 Å². The molecule has 0 spiro atoms. The molecule has 1 N–H and O–H groups in total. The van der Waals surface area contributed by atoms with Gasteiger partial charge in [-0.05, 0) is 42.7 Å². The first kappa shape index (κ1) is 13.3. The first-order valence-electron chi connectivity index (χ1n) is 6.29. The lowest BCUT2D eigenvalue weighted by molar-refractivity contribution is -0.137. The maximum atomic E-state index is 10.5. The van der Waals surface area contributed by atoms with E-state index in [4.69, 9.17) is 9.84 Å². The summed E-state index contributed by atoms with van der Waals surface area (Å²) in [6.45, 7) is 0. The lowest BCUT2D eigenvalue weighted by Gasteiger charge is -2.13. The summed E-state index contributed by atoms with van der Waals surface area (Å²) in [6, 6.07) is 8.01. The van der Waals surface area contributed by atoms with Crippen molar-refractivity contribution in [2.24, 2.45) is 0 Å². The zero-order valence-electron chi connectivity index (χ0n) is 10.3. The Balaban J connectivity index is 1.86. The highest BCUT2D eigenvalue weighted by Crippen LogP contribution is 2.24. The van der Waals surface area contributed by atoms with E-state index in [0.717, 1.165) is 29.9 Å². The molecule has 1 heterocycles. The molecule has 1 atom stereocenters. The molecule has 1 aliphatic heterocycles. The van der Waals surface area contributed by atoms with Crippen LogP contribution in [0.5, 0.6) is 5.75 Å². The number of benzene rings is 1. The summed E-state index contributed by atoms with van der Waals surface area (Å²) in [5.74, 6) is 2.44. The van der Waals surface area contributed by atoms with Crippen molar-refractivity contribution in [1.29, 1.82) is 0 Å². The molecule has 1 aromatic carbocycles. The molecule has 1 aliphatic rings. The van der Waals surface area contributed by atoms with Gasteiger partial charge in [-0.1, -0.05) is 12.1 Å². The fourth-order valence-corrected chi connectivity index (χ4v) is 3.11. The van der Waals surface area contributed by atoms with Crippen LogP contribution >= 0.6 is 11.8 Å². The lowest BCUT2D eigenvalue weighted by atomic mass is 10.1. The highest BCUT2D eigenvalue weighted by atomic mass is 32.2. The molecule has 0 aromatic heterocycles. The molecule has 0 aliphatic carbocycles. The molecule has 0 amide bonds. The second kappa shape index (κ2) is 6.69. The molecule has 1 fully saturated rings. The van der Waals surface area contributed by atoms with E-state index in [1.54, 1.807) is 0 Å².